The number of amides is 1. The molecule has 4 nitrogen and oxygen atoms in total. The number of ketones is 1. The summed E-state index contributed by atoms with van der Waals surface area (Å²) < 4.78 is 5.74. The molecule has 1 aliphatic rings. The standard InChI is InChI=1S/C13H23NO3/c1-4-14(5-2)13(16)10(3)17-12-8-6-11(15)7-9-12/h10,12H,4-9H2,1-3H3. The van der Waals surface area contributed by atoms with Crippen LogP contribution in [0.5, 0.6) is 0 Å². The van der Waals surface area contributed by atoms with Crippen LogP contribution in [0.4, 0.5) is 0 Å². The van der Waals surface area contributed by atoms with E-state index in [1.807, 2.05) is 13.8 Å². The molecule has 0 spiro atoms. The van der Waals surface area contributed by atoms with Crippen LogP contribution in [0.15, 0.2) is 0 Å². The number of likely N-dealkylation sites (N-methyl/N-ethyl adjacent to an activating group) is 1. The van der Waals surface area contributed by atoms with Gasteiger partial charge in [-0.1, -0.05) is 0 Å². The molecule has 0 aromatic heterocycles. The second-order valence-corrected chi connectivity index (χ2v) is 4.53. The second kappa shape index (κ2) is 6.74. The van der Waals surface area contributed by atoms with Crippen LogP contribution in [0.3, 0.4) is 0 Å². The average Bonchev–Trinajstić information content (AvgIpc) is 2.33. The molecule has 1 fully saturated rings. The number of ether oxygens (including phenoxy) is 1. The highest BCUT2D eigenvalue weighted by Crippen LogP contribution is 2.19. The summed E-state index contributed by atoms with van der Waals surface area (Å²) >= 11 is 0. The highest BCUT2D eigenvalue weighted by molar-refractivity contribution is 5.81. The Morgan fingerprint density at radius 2 is 1.88 bits per heavy atom. The maximum atomic E-state index is 12.0. The zero-order valence-electron chi connectivity index (χ0n) is 11.1. The number of hydrogen-bond acceptors (Lipinski definition) is 3. The molecule has 0 aromatic rings. The van der Waals surface area contributed by atoms with E-state index in [1.54, 1.807) is 11.8 Å². The van der Waals surface area contributed by atoms with Crippen molar-refractivity contribution in [3.63, 3.8) is 0 Å². The largest absolute Gasteiger partial charge is 0.365 e. The van der Waals surface area contributed by atoms with Crippen molar-refractivity contribution in [1.82, 2.24) is 4.90 Å². The monoisotopic (exact) mass is 241 g/mol. The Labute approximate surface area is 103 Å². The fraction of sp³-hybridized carbons (Fsp3) is 0.846. The molecule has 0 radical (unpaired) electrons. The molecule has 0 aliphatic heterocycles. The van der Waals surface area contributed by atoms with E-state index < -0.39 is 6.10 Å². The molecule has 0 heterocycles. The van der Waals surface area contributed by atoms with Gasteiger partial charge in [0.05, 0.1) is 6.10 Å². The third-order valence-corrected chi connectivity index (χ3v) is 3.31. The molecule has 1 atom stereocenters. The van der Waals surface area contributed by atoms with Crippen molar-refractivity contribution in [1.29, 1.82) is 0 Å². The maximum absolute atomic E-state index is 12.0. The molecule has 0 N–H and O–H groups in total. The smallest absolute Gasteiger partial charge is 0.251 e. The molecular weight excluding hydrogens is 218 g/mol. The minimum Gasteiger partial charge on any atom is -0.365 e. The molecule has 1 saturated carbocycles. The molecule has 0 saturated heterocycles. The highest BCUT2D eigenvalue weighted by atomic mass is 16.5. The van der Waals surface area contributed by atoms with Crippen LogP contribution < -0.4 is 0 Å². The predicted molar refractivity (Wildman–Crippen MR) is 65.7 cm³/mol. The normalized spacial score (nSPS) is 19.1. The first-order chi connectivity index (χ1) is 8.08. The van der Waals surface area contributed by atoms with Crippen molar-refractivity contribution in [3.05, 3.63) is 0 Å². The van der Waals surface area contributed by atoms with E-state index in [9.17, 15) is 9.59 Å². The van der Waals surface area contributed by atoms with Crippen molar-refractivity contribution >= 4 is 11.7 Å². The molecule has 17 heavy (non-hydrogen) atoms. The van der Waals surface area contributed by atoms with Crippen LogP contribution in [-0.4, -0.2) is 41.9 Å². The summed E-state index contributed by atoms with van der Waals surface area (Å²) in [6.07, 6.45) is 2.38. The van der Waals surface area contributed by atoms with Gasteiger partial charge in [-0.15, -0.1) is 0 Å². The minimum absolute atomic E-state index is 0.0481. The topological polar surface area (TPSA) is 46.6 Å². The Hall–Kier alpha value is -0.900. The molecular formula is C13H23NO3. The van der Waals surface area contributed by atoms with Crippen molar-refractivity contribution < 1.29 is 14.3 Å². The average molecular weight is 241 g/mol. The SMILES string of the molecule is CCN(CC)C(=O)C(C)OC1CCC(=O)CC1. The van der Waals surface area contributed by atoms with Gasteiger partial charge in [0.25, 0.3) is 5.91 Å². The number of carbonyl (C=O) groups excluding carboxylic acids is 2. The molecule has 4 heteroatoms. The summed E-state index contributed by atoms with van der Waals surface area (Å²) in [5.41, 5.74) is 0. The van der Waals surface area contributed by atoms with E-state index in [2.05, 4.69) is 0 Å². The van der Waals surface area contributed by atoms with Crippen molar-refractivity contribution in [2.75, 3.05) is 13.1 Å². The summed E-state index contributed by atoms with van der Waals surface area (Å²) in [6.45, 7) is 7.16. The maximum Gasteiger partial charge on any atom is 0.251 e. The van der Waals surface area contributed by atoms with Gasteiger partial charge in [0.2, 0.25) is 0 Å². The minimum atomic E-state index is -0.395. The van der Waals surface area contributed by atoms with E-state index in [0.29, 0.717) is 31.7 Å². The summed E-state index contributed by atoms with van der Waals surface area (Å²) in [5.74, 6) is 0.361. The lowest BCUT2D eigenvalue weighted by molar-refractivity contribution is -0.147. The van der Waals surface area contributed by atoms with E-state index in [0.717, 1.165) is 12.8 Å². The van der Waals surface area contributed by atoms with Crippen molar-refractivity contribution in [2.45, 2.75) is 58.7 Å². The zero-order chi connectivity index (χ0) is 12.8. The first kappa shape index (κ1) is 14.2. The van der Waals surface area contributed by atoms with Gasteiger partial charge in [-0.05, 0) is 33.6 Å². The van der Waals surface area contributed by atoms with Crippen LogP contribution in [0.2, 0.25) is 0 Å². The van der Waals surface area contributed by atoms with Crippen LogP contribution in [0.1, 0.15) is 46.5 Å². The molecule has 0 bridgehead atoms. The van der Waals surface area contributed by atoms with Crippen LogP contribution >= 0.6 is 0 Å². The van der Waals surface area contributed by atoms with Crippen molar-refractivity contribution in [2.24, 2.45) is 0 Å². The van der Waals surface area contributed by atoms with E-state index in [1.165, 1.54) is 0 Å². The zero-order valence-corrected chi connectivity index (χ0v) is 11.1. The Kier molecular flexibility index (Phi) is 5.62. The van der Waals surface area contributed by atoms with Gasteiger partial charge in [0.15, 0.2) is 0 Å². The van der Waals surface area contributed by atoms with Gasteiger partial charge in [0.1, 0.15) is 11.9 Å². The predicted octanol–water partition coefficient (Wildman–Crippen LogP) is 1.77. The Morgan fingerprint density at radius 1 is 1.35 bits per heavy atom. The fourth-order valence-electron chi connectivity index (χ4n) is 2.19. The number of rotatable bonds is 5. The van der Waals surface area contributed by atoms with Gasteiger partial charge in [-0.3, -0.25) is 9.59 Å². The number of hydrogen-bond donors (Lipinski definition) is 0. The third-order valence-electron chi connectivity index (χ3n) is 3.31. The lowest BCUT2D eigenvalue weighted by Gasteiger charge is -2.28. The molecule has 1 amide bonds. The molecule has 1 unspecified atom stereocenters. The number of nitrogens with zero attached hydrogens (tertiary/aromatic N) is 1. The van der Waals surface area contributed by atoms with Gasteiger partial charge < -0.3 is 9.64 Å². The third kappa shape index (κ3) is 4.11. The van der Waals surface area contributed by atoms with Crippen molar-refractivity contribution in [3.8, 4) is 0 Å². The quantitative estimate of drug-likeness (QED) is 0.737. The number of Topliss-reactive ketones (excluding diaryl/α,β-unsaturated/α-hetero) is 1. The highest BCUT2D eigenvalue weighted by Gasteiger charge is 2.25. The summed E-state index contributed by atoms with van der Waals surface area (Å²) in [7, 11) is 0. The summed E-state index contributed by atoms with van der Waals surface area (Å²) in [6, 6.07) is 0. The van der Waals surface area contributed by atoms with E-state index in [4.69, 9.17) is 4.74 Å². The lowest BCUT2D eigenvalue weighted by atomic mass is 9.96. The Morgan fingerprint density at radius 3 is 2.35 bits per heavy atom. The van der Waals surface area contributed by atoms with E-state index in [-0.39, 0.29) is 12.0 Å². The Balaban J connectivity index is 2.40. The fourth-order valence-corrected chi connectivity index (χ4v) is 2.19. The second-order valence-electron chi connectivity index (χ2n) is 4.53. The van der Waals surface area contributed by atoms with E-state index >= 15 is 0 Å². The lowest BCUT2D eigenvalue weighted by Crippen LogP contribution is -2.41. The van der Waals surface area contributed by atoms with Crippen LogP contribution in [-0.2, 0) is 14.3 Å². The van der Waals surface area contributed by atoms with Gasteiger partial charge in [-0.2, -0.15) is 0 Å². The van der Waals surface area contributed by atoms with Gasteiger partial charge in [-0.25, -0.2) is 0 Å². The molecule has 0 aromatic carbocycles. The van der Waals surface area contributed by atoms with Gasteiger partial charge >= 0.3 is 0 Å². The van der Waals surface area contributed by atoms with Crippen LogP contribution in [0, 0.1) is 0 Å². The summed E-state index contributed by atoms with van der Waals surface area (Å²) in [4.78, 5) is 24.9. The number of carbonyl (C=O) groups is 2. The first-order valence-corrected chi connectivity index (χ1v) is 6.54. The first-order valence-electron chi connectivity index (χ1n) is 6.54. The molecule has 1 aliphatic carbocycles. The van der Waals surface area contributed by atoms with Gasteiger partial charge in [0, 0.05) is 25.9 Å². The van der Waals surface area contributed by atoms with Crippen LogP contribution in [0.25, 0.3) is 0 Å². The molecule has 98 valence electrons. The molecule has 1 rings (SSSR count). The summed E-state index contributed by atoms with van der Waals surface area (Å²) in [5, 5.41) is 0. The Bertz CT molecular complexity index is 264.